The van der Waals surface area contributed by atoms with Crippen LogP contribution < -0.4 is 10.1 Å². The van der Waals surface area contributed by atoms with E-state index < -0.39 is 4.92 Å². The molecule has 22 heavy (non-hydrogen) atoms. The number of ether oxygens (including phenoxy) is 2. The molecule has 2 amide bonds. The van der Waals surface area contributed by atoms with E-state index in [1.807, 2.05) is 13.8 Å². The molecular formula is C14H19N3O5. The number of hydrogen-bond donors (Lipinski definition) is 1. The summed E-state index contributed by atoms with van der Waals surface area (Å²) in [6.07, 6.45) is -0.0680. The molecular weight excluding hydrogens is 290 g/mol. The first-order valence-electron chi connectivity index (χ1n) is 6.94. The maximum absolute atomic E-state index is 12.3. The van der Waals surface area contributed by atoms with Gasteiger partial charge in [-0.3, -0.25) is 10.1 Å². The SMILES string of the molecule is COc1cc([N+](=O)[O-])ccc1NC(=O)N1C[C@@H](C)O[C@@H](C)C1. The number of rotatable bonds is 3. The molecule has 0 aliphatic carbocycles. The van der Waals surface area contributed by atoms with Gasteiger partial charge in [-0.2, -0.15) is 0 Å². The van der Waals surface area contributed by atoms with E-state index in [0.29, 0.717) is 18.8 Å². The Kier molecular flexibility index (Phi) is 4.81. The van der Waals surface area contributed by atoms with Crippen LogP contribution in [-0.4, -0.2) is 48.3 Å². The zero-order chi connectivity index (χ0) is 16.3. The number of nitro benzene ring substituents is 1. The Labute approximate surface area is 128 Å². The molecule has 1 fully saturated rings. The second kappa shape index (κ2) is 6.61. The largest absolute Gasteiger partial charge is 0.494 e. The molecule has 0 saturated carbocycles. The van der Waals surface area contributed by atoms with Gasteiger partial charge >= 0.3 is 6.03 Å². The Morgan fingerprint density at radius 3 is 2.59 bits per heavy atom. The number of nitrogens with one attached hydrogen (secondary N) is 1. The van der Waals surface area contributed by atoms with Crippen molar-refractivity contribution in [1.29, 1.82) is 0 Å². The minimum absolute atomic E-state index is 0.0340. The van der Waals surface area contributed by atoms with Gasteiger partial charge in [0.25, 0.3) is 5.69 Å². The van der Waals surface area contributed by atoms with Crippen molar-refractivity contribution < 1.29 is 19.2 Å². The quantitative estimate of drug-likeness (QED) is 0.682. The number of carbonyl (C=O) groups is 1. The predicted octanol–water partition coefficient (Wildman–Crippen LogP) is 2.24. The summed E-state index contributed by atoms with van der Waals surface area (Å²) >= 11 is 0. The van der Waals surface area contributed by atoms with Gasteiger partial charge in [-0.25, -0.2) is 4.79 Å². The zero-order valence-electron chi connectivity index (χ0n) is 12.7. The fourth-order valence-corrected chi connectivity index (χ4v) is 2.43. The first-order valence-corrected chi connectivity index (χ1v) is 6.94. The van der Waals surface area contributed by atoms with Gasteiger partial charge in [-0.1, -0.05) is 0 Å². The van der Waals surface area contributed by atoms with Crippen LogP contribution in [0.5, 0.6) is 5.75 Å². The number of urea groups is 1. The number of nitrogens with zero attached hydrogens (tertiary/aromatic N) is 2. The molecule has 0 unspecified atom stereocenters. The summed E-state index contributed by atoms with van der Waals surface area (Å²) < 4.78 is 10.7. The summed E-state index contributed by atoms with van der Waals surface area (Å²) in [6.45, 7) is 4.79. The number of amides is 2. The molecule has 8 nitrogen and oxygen atoms in total. The molecule has 0 bridgehead atoms. The van der Waals surface area contributed by atoms with E-state index >= 15 is 0 Å². The smallest absolute Gasteiger partial charge is 0.322 e. The molecule has 1 aromatic carbocycles. The van der Waals surface area contributed by atoms with Gasteiger partial charge in [-0.05, 0) is 19.9 Å². The summed E-state index contributed by atoms with van der Waals surface area (Å²) in [5, 5.41) is 13.5. The average Bonchev–Trinajstić information content (AvgIpc) is 2.46. The maximum atomic E-state index is 12.3. The summed E-state index contributed by atoms with van der Waals surface area (Å²) in [5.41, 5.74) is 0.299. The van der Waals surface area contributed by atoms with Crippen molar-refractivity contribution in [2.45, 2.75) is 26.1 Å². The standard InChI is InChI=1S/C14H19N3O5/c1-9-7-16(8-10(2)22-9)14(18)15-12-5-4-11(17(19)20)6-13(12)21-3/h4-6,9-10H,7-8H2,1-3H3,(H,15,18)/t9-,10+. The lowest BCUT2D eigenvalue weighted by Crippen LogP contribution is -2.49. The first-order chi connectivity index (χ1) is 10.4. The van der Waals surface area contributed by atoms with Crippen molar-refractivity contribution in [1.82, 2.24) is 4.90 Å². The third-order valence-electron chi connectivity index (χ3n) is 3.34. The maximum Gasteiger partial charge on any atom is 0.322 e. The van der Waals surface area contributed by atoms with Crippen molar-refractivity contribution in [3.8, 4) is 5.75 Å². The molecule has 1 heterocycles. The number of anilines is 1. The fourth-order valence-electron chi connectivity index (χ4n) is 2.43. The number of non-ortho nitro benzene ring substituents is 1. The minimum atomic E-state index is -0.514. The Balaban J connectivity index is 2.12. The Bertz CT molecular complexity index is 568. The summed E-state index contributed by atoms with van der Waals surface area (Å²) in [6, 6.07) is 3.78. The van der Waals surface area contributed by atoms with Crippen LogP contribution in [0, 0.1) is 10.1 Å². The fraction of sp³-hybridized carbons (Fsp3) is 0.500. The summed E-state index contributed by atoms with van der Waals surface area (Å²) in [7, 11) is 1.40. The first kappa shape index (κ1) is 16.0. The number of benzene rings is 1. The van der Waals surface area contributed by atoms with E-state index in [9.17, 15) is 14.9 Å². The van der Waals surface area contributed by atoms with E-state index in [2.05, 4.69) is 5.32 Å². The molecule has 1 N–H and O–H groups in total. The molecule has 1 aliphatic heterocycles. The molecule has 0 spiro atoms. The van der Waals surface area contributed by atoms with Crippen molar-refractivity contribution in [2.75, 3.05) is 25.5 Å². The lowest BCUT2D eigenvalue weighted by molar-refractivity contribution is -0.384. The van der Waals surface area contributed by atoms with Crippen LogP contribution in [0.25, 0.3) is 0 Å². The topological polar surface area (TPSA) is 93.9 Å². The van der Waals surface area contributed by atoms with E-state index in [4.69, 9.17) is 9.47 Å². The van der Waals surface area contributed by atoms with Crippen LogP contribution >= 0.6 is 0 Å². The third-order valence-corrected chi connectivity index (χ3v) is 3.34. The summed E-state index contributed by atoms with van der Waals surface area (Å²) in [5.74, 6) is 0.247. The van der Waals surface area contributed by atoms with Crippen molar-refractivity contribution in [2.24, 2.45) is 0 Å². The van der Waals surface area contributed by atoms with Crippen LogP contribution in [0.15, 0.2) is 18.2 Å². The van der Waals surface area contributed by atoms with Gasteiger partial charge in [-0.15, -0.1) is 0 Å². The number of morpholine rings is 1. The Morgan fingerprint density at radius 2 is 2.05 bits per heavy atom. The molecule has 8 heteroatoms. The van der Waals surface area contributed by atoms with E-state index in [1.54, 1.807) is 4.90 Å². The van der Waals surface area contributed by atoms with Gasteiger partial charge in [0.1, 0.15) is 5.75 Å². The Morgan fingerprint density at radius 1 is 1.41 bits per heavy atom. The average molecular weight is 309 g/mol. The summed E-state index contributed by atoms with van der Waals surface area (Å²) in [4.78, 5) is 24.2. The van der Waals surface area contributed by atoms with Crippen molar-refractivity contribution in [3.63, 3.8) is 0 Å². The predicted molar refractivity (Wildman–Crippen MR) is 80.2 cm³/mol. The van der Waals surface area contributed by atoms with Gasteiger partial charge in [0.05, 0.1) is 36.0 Å². The number of hydrogen-bond acceptors (Lipinski definition) is 5. The molecule has 2 rings (SSSR count). The van der Waals surface area contributed by atoms with Crippen molar-refractivity contribution >= 4 is 17.4 Å². The van der Waals surface area contributed by atoms with Crippen LogP contribution in [0.2, 0.25) is 0 Å². The van der Waals surface area contributed by atoms with Crippen LogP contribution in [0.4, 0.5) is 16.2 Å². The molecule has 0 aromatic heterocycles. The zero-order valence-corrected chi connectivity index (χ0v) is 12.7. The molecule has 1 aliphatic rings. The number of methoxy groups -OCH3 is 1. The molecule has 0 radical (unpaired) electrons. The van der Waals surface area contributed by atoms with Crippen molar-refractivity contribution in [3.05, 3.63) is 28.3 Å². The number of nitro groups is 1. The van der Waals surface area contributed by atoms with Crippen LogP contribution in [-0.2, 0) is 4.74 Å². The van der Waals surface area contributed by atoms with Gasteiger partial charge < -0.3 is 19.7 Å². The lowest BCUT2D eigenvalue weighted by Gasteiger charge is -2.35. The van der Waals surface area contributed by atoms with E-state index in [0.717, 1.165) is 0 Å². The molecule has 1 aromatic rings. The third kappa shape index (κ3) is 3.64. The van der Waals surface area contributed by atoms with E-state index in [1.165, 1.54) is 25.3 Å². The van der Waals surface area contributed by atoms with Crippen LogP contribution in [0.3, 0.4) is 0 Å². The monoisotopic (exact) mass is 309 g/mol. The normalized spacial score (nSPS) is 21.3. The molecule has 1 saturated heterocycles. The Hall–Kier alpha value is -2.35. The van der Waals surface area contributed by atoms with Gasteiger partial charge in [0.2, 0.25) is 0 Å². The van der Waals surface area contributed by atoms with Gasteiger partial charge in [0, 0.05) is 19.2 Å². The highest BCUT2D eigenvalue weighted by Gasteiger charge is 2.26. The van der Waals surface area contributed by atoms with Crippen LogP contribution in [0.1, 0.15) is 13.8 Å². The highest BCUT2D eigenvalue weighted by Crippen LogP contribution is 2.29. The second-order valence-electron chi connectivity index (χ2n) is 5.23. The minimum Gasteiger partial charge on any atom is -0.494 e. The molecule has 120 valence electrons. The lowest BCUT2D eigenvalue weighted by atomic mass is 10.2. The number of carbonyl (C=O) groups excluding carboxylic acids is 1. The highest BCUT2D eigenvalue weighted by molar-refractivity contribution is 5.91. The highest BCUT2D eigenvalue weighted by atomic mass is 16.6. The van der Waals surface area contributed by atoms with Gasteiger partial charge in [0.15, 0.2) is 0 Å². The van der Waals surface area contributed by atoms with E-state index in [-0.39, 0.29) is 29.7 Å². The molecule has 2 atom stereocenters. The second-order valence-corrected chi connectivity index (χ2v) is 5.23.